The van der Waals surface area contributed by atoms with E-state index in [0.717, 1.165) is 17.8 Å². The molecule has 0 spiro atoms. The first kappa shape index (κ1) is 9.92. The fourth-order valence-corrected chi connectivity index (χ4v) is 1.99. The lowest BCUT2D eigenvalue weighted by molar-refractivity contribution is -0.107. The zero-order chi connectivity index (χ0) is 11.0. The molecule has 1 unspecified atom stereocenters. The molecule has 1 aliphatic rings. The summed E-state index contributed by atoms with van der Waals surface area (Å²) in [6.45, 7) is 1.98. The van der Waals surface area contributed by atoms with E-state index in [9.17, 15) is 4.79 Å². The molecular weight excluding hydrogens is 192 g/mol. The summed E-state index contributed by atoms with van der Waals surface area (Å²) in [6.07, 6.45) is 4.32. The summed E-state index contributed by atoms with van der Waals surface area (Å²) in [7, 11) is 3.89. The fourth-order valence-electron chi connectivity index (χ4n) is 1.99. The molecule has 0 bridgehead atoms. The van der Waals surface area contributed by atoms with Gasteiger partial charge in [0.15, 0.2) is 0 Å². The Morgan fingerprint density at radius 1 is 1.47 bits per heavy atom. The van der Waals surface area contributed by atoms with Gasteiger partial charge in [0.25, 0.3) is 0 Å². The van der Waals surface area contributed by atoms with Gasteiger partial charge in [0.2, 0.25) is 6.41 Å². The smallest absolute Gasteiger partial charge is 0.215 e. The summed E-state index contributed by atoms with van der Waals surface area (Å²) in [4.78, 5) is 16.8. The van der Waals surface area contributed by atoms with Crippen molar-refractivity contribution in [1.82, 2.24) is 9.99 Å². The number of rotatable bonds is 2. The van der Waals surface area contributed by atoms with E-state index in [-0.39, 0.29) is 6.17 Å². The standard InChI is InChI=1S/C10H14N4O/c1-8-13(7-15)9-4-5-11-6-10(9)14(8)12(2)3/h4-8H,1-3H3. The number of hydrazine groups is 1. The van der Waals surface area contributed by atoms with Crippen molar-refractivity contribution in [2.45, 2.75) is 13.1 Å². The van der Waals surface area contributed by atoms with Crippen LogP contribution in [0.2, 0.25) is 0 Å². The van der Waals surface area contributed by atoms with Crippen molar-refractivity contribution in [3.63, 3.8) is 0 Å². The van der Waals surface area contributed by atoms with E-state index in [1.165, 1.54) is 0 Å². The van der Waals surface area contributed by atoms with E-state index in [4.69, 9.17) is 0 Å². The molecule has 2 rings (SSSR count). The van der Waals surface area contributed by atoms with Gasteiger partial charge >= 0.3 is 0 Å². The number of amides is 1. The van der Waals surface area contributed by atoms with Gasteiger partial charge in [-0.05, 0) is 13.0 Å². The highest BCUT2D eigenvalue weighted by Gasteiger charge is 2.33. The normalized spacial score (nSPS) is 19.6. The van der Waals surface area contributed by atoms with E-state index in [0.29, 0.717) is 0 Å². The quantitative estimate of drug-likeness (QED) is 0.667. The average Bonchev–Trinajstić information content (AvgIpc) is 2.49. The van der Waals surface area contributed by atoms with Gasteiger partial charge in [-0.25, -0.2) is 5.01 Å². The highest BCUT2D eigenvalue weighted by molar-refractivity contribution is 5.88. The number of nitrogens with zero attached hydrogens (tertiary/aromatic N) is 4. The number of hydrogen-bond donors (Lipinski definition) is 0. The van der Waals surface area contributed by atoms with Crippen LogP contribution < -0.4 is 9.91 Å². The first-order valence-corrected chi connectivity index (χ1v) is 4.81. The zero-order valence-electron chi connectivity index (χ0n) is 9.08. The third kappa shape index (κ3) is 1.35. The second-order valence-corrected chi connectivity index (χ2v) is 3.70. The molecule has 1 atom stereocenters. The molecule has 80 valence electrons. The third-order valence-corrected chi connectivity index (χ3v) is 2.60. The molecule has 1 aromatic rings. The maximum absolute atomic E-state index is 11.0. The minimum atomic E-state index is -0.00306. The minimum absolute atomic E-state index is 0.00306. The molecule has 0 aromatic carbocycles. The fraction of sp³-hybridized carbons (Fsp3) is 0.400. The number of anilines is 2. The van der Waals surface area contributed by atoms with Gasteiger partial charge in [0.05, 0.1) is 17.6 Å². The molecule has 0 saturated heterocycles. The Balaban J connectivity index is 2.51. The summed E-state index contributed by atoms with van der Waals surface area (Å²) >= 11 is 0. The highest BCUT2D eigenvalue weighted by Crippen LogP contribution is 2.37. The molecule has 5 heteroatoms. The van der Waals surface area contributed by atoms with Gasteiger partial charge in [-0.2, -0.15) is 0 Å². The largest absolute Gasteiger partial charge is 0.291 e. The van der Waals surface area contributed by atoms with Gasteiger partial charge in [-0.15, -0.1) is 0 Å². The monoisotopic (exact) mass is 206 g/mol. The van der Waals surface area contributed by atoms with E-state index in [1.54, 1.807) is 17.3 Å². The molecule has 1 amide bonds. The summed E-state index contributed by atoms with van der Waals surface area (Å²) in [5, 5.41) is 3.98. The van der Waals surface area contributed by atoms with Gasteiger partial charge in [0, 0.05) is 20.3 Å². The van der Waals surface area contributed by atoms with Crippen molar-refractivity contribution in [2.75, 3.05) is 24.0 Å². The number of fused-ring (bicyclic) bond motifs is 1. The molecule has 1 aromatic heterocycles. The van der Waals surface area contributed by atoms with Crippen LogP contribution in [0.3, 0.4) is 0 Å². The molecule has 0 radical (unpaired) electrons. The van der Waals surface area contributed by atoms with Crippen LogP contribution in [0.15, 0.2) is 18.5 Å². The second kappa shape index (κ2) is 3.51. The molecular formula is C10H14N4O. The van der Waals surface area contributed by atoms with Crippen LogP contribution in [0.5, 0.6) is 0 Å². The molecule has 5 nitrogen and oxygen atoms in total. The minimum Gasteiger partial charge on any atom is -0.291 e. The Hall–Kier alpha value is -1.62. The number of aromatic nitrogens is 1. The maximum Gasteiger partial charge on any atom is 0.215 e. The summed E-state index contributed by atoms with van der Waals surface area (Å²) in [5.74, 6) is 0. The van der Waals surface area contributed by atoms with Gasteiger partial charge in [0.1, 0.15) is 6.17 Å². The summed E-state index contributed by atoms with van der Waals surface area (Å²) in [5.41, 5.74) is 1.86. The van der Waals surface area contributed by atoms with Crippen molar-refractivity contribution in [2.24, 2.45) is 0 Å². The van der Waals surface area contributed by atoms with Crippen molar-refractivity contribution < 1.29 is 4.79 Å². The van der Waals surface area contributed by atoms with Crippen LogP contribution >= 0.6 is 0 Å². The molecule has 1 aliphatic heterocycles. The number of pyridine rings is 1. The van der Waals surface area contributed by atoms with Crippen LogP contribution in [0.1, 0.15) is 6.92 Å². The first-order valence-electron chi connectivity index (χ1n) is 4.81. The summed E-state index contributed by atoms with van der Waals surface area (Å²) in [6, 6.07) is 1.85. The first-order chi connectivity index (χ1) is 7.16. The van der Waals surface area contributed by atoms with Crippen molar-refractivity contribution in [3.05, 3.63) is 18.5 Å². The topological polar surface area (TPSA) is 39.7 Å². The van der Waals surface area contributed by atoms with Gasteiger partial charge in [-0.1, -0.05) is 0 Å². The highest BCUT2D eigenvalue weighted by atomic mass is 16.1. The predicted molar refractivity (Wildman–Crippen MR) is 58.4 cm³/mol. The van der Waals surface area contributed by atoms with Crippen LogP contribution in [-0.2, 0) is 4.79 Å². The number of carbonyl (C=O) groups is 1. The lowest BCUT2D eigenvalue weighted by Gasteiger charge is -2.31. The van der Waals surface area contributed by atoms with Gasteiger partial charge in [-0.3, -0.25) is 19.7 Å². The van der Waals surface area contributed by atoms with Crippen LogP contribution in [-0.4, -0.2) is 36.7 Å². The number of hydrogen-bond acceptors (Lipinski definition) is 4. The van der Waals surface area contributed by atoms with Crippen molar-refractivity contribution in [3.8, 4) is 0 Å². The van der Waals surface area contributed by atoms with Crippen LogP contribution in [0, 0.1) is 0 Å². The molecule has 15 heavy (non-hydrogen) atoms. The number of carbonyl (C=O) groups excluding carboxylic acids is 1. The van der Waals surface area contributed by atoms with E-state index < -0.39 is 0 Å². The Morgan fingerprint density at radius 3 is 2.80 bits per heavy atom. The molecule has 0 fully saturated rings. The third-order valence-electron chi connectivity index (χ3n) is 2.60. The molecule has 0 saturated carbocycles. The van der Waals surface area contributed by atoms with E-state index >= 15 is 0 Å². The lowest BCUT2D eigenvalue weighted by Crippen LogP contribution is -2.47. The average molecular weight is 206 g/mol. The second-order valence-electron chi connectivity index (χ2n) is 3.70. The molecule has 0 N–H and O–H groups in total. The maximum atomic E-state index is 11.0. The van der Waals surface area contributed by atoms with Gasteiger partial charge < -0.3 is 0 Å². The van der Waals surface area contributed by atoms with E-state index in [1.807, 2.05) is 37.1 Å². The Morgan fingerprint density at radius 2 is 2.20 bits per heavy atom. The Kier molecular flexibility index (Phi) is 2.32. The summed E-state index contributed by atoms with van der Waals surface area (Å²) < 4.78 is 0. The predicted octanol–water partition coefficient (Wildman–Crippen LogP) is 0.687. The lowest BCUT2D eigenvalue weighted by atomic mass is 10.3. The zero-order valence-corrected chi connectivity index (χ0v) is 9.08. The Labute approximate surface area is 88.9 Å². The molecule has 2 heterocycles. The SMILES string of the molecule is CC1N(C=O)c2ccncc2N1N(C)C. The van der Waals surface area contributed by atoms with E-state index in [2.05, 4.69) is 4.98 Å². The Bertz CT molecular complexity index is 379. The van der Waals surface area contributed by atoms with Crippen LogP contribution in [0.25, 0.3) is 0 Å². The van der Waals surface area contributed by atoms with Crippen LogP contribution in [0.4, 0.5) is 11.4 Å². The van der Waals surface area contributed by atoms with Crippen molar-refractivity contribution in [1.29, 1.82) is 0 Å². The van der Waals surface area contributed by atoms with Crippen molar-refractivity contribution >= 4 is 17.8 Å². The molecule has 0 aliphatic carbocycles.